The van der Waals surface area contributed by atoms with Gasteiger partial charge in [0.1, 0.15) is 4.21 Å². The van der Waals surface area contributed by atoms with Gasteiger partial charge in [-0.1, -0.05) is 22.9 Å². The van der Waals surface area contributed by atoms with Crippen molar-refractivity contribution >= 4 is 43.0 Å². The molecule has 2 aromatic rings. The van der Waals surface area contributed by atoms with E-state index >= 15 is 0 Å². The summed E-state index contributed by atoms with van der Waals surface area (Å²) in [6.07, 6.45) is 0.844. The van der Waals surface area contributed by atoms with Crippen LogP contribution in [0, 0.1) is 13.8 Å². The smallest absolute Gasteiger partial charge is 0.271 e. The van der Waals surface area contributed by atoms with E-state index in [1.165, 1.54) is 11.3 Å². The van der Waals surface area contributed by atoms with Gasteiger partial charge in [0.05, 0.1) is 5.69 Å². The second-order valence-corrected chi connectivity index (χ2v) is 8.59. The fourth-order valence-electron chi connectivity index (χ4n) is 1.95. The second-order valence-electron chi connectivity index (χ2n) is 4.59. The maximum Gasteiger partial charge on any atom is 0.271 e. The average Bonchev–Trinajstić information content (AvgIpc) is 2.83. The Balaban J connectivity index is 2.38. The predicted molar refractivity (Wildman–Crippen MR) is 88.1 cm³/mol. The lowest BCUT2D eigenvalue weighted by Gasteiger charge is -2.13. The van der Waals surface area contributed by atoms with Gasteiger partial charge in [-0.3, -0.25) is 4.72 Å². The summed E-state index contributed by atoms with van der Waals surface area (Å²) in [5, 5.41) is 0. The van der Waals surface area contributed by atoms with Gasteiger partial charge in [0.15, 0.2) is 0 Å². The molecule has 20 heavy (non-hydrogen) atoms. The summed E-state index contributed by atoms with van der Waals surface area (Å²) in [7, 11) is -3.51. The van der Waals surface area contributed by atoms with E-state index in [0.717, 1.165) is 26.9 Å². The predicted octanol–water partition coefficient (Wildman–Crippen LogP) is 4.49. The number of halogens is 1. The van der Waals surface area contributed by atoms with Gasteiger partial charge in [-0.25, -0.2) is 8.42 Å². The van der Waals surface area contributed by atoms with Crippen LogP contribution in [0.25, 0.3) is 0 Å². The van der Waals surface area contributed by atoms with Crippen LogP contribution in [0.15, 0.2) is 32.9 Å². The molecule has 0 radical (unpaired) electrons. The molecule has 3 nitrogen and oxygen atoms in total. The molecule has 0 bridgehead atoms. The van der Waals surface area contributed by atoms with E-state index in [9.17, 15) is 8.42 Å². The molecule has 0 saturated carbocycles. The van der Waals surface area contributed by atoms with Crippen LogP contribution in [-0.4, -0.2) is 8.42 Å². The molecule has 0 amide bonds. The van der Waals surface area contributed by atoms with Gasteiger partial charge in [-0.05, 0) is 55.7 Å². The zero-order valence-corrected chi connectivity index (χ0v) is 14.7. The molecule has 0 saturated heterocycles. The largest absolute Gasteiger partial charge is 0.278 e. The highest BCUT2D eigenvalue weighted by molar-refractivity contribution is 9.10. The molecule has 2 rings (SSSR count). The van der Waals surface area contributed by atoms with Crippen LogP contribution >= 0.6 is 27.3 Å². The minimum atomic E-state index is -3.51. The fourth-order valence-corrected chi connectivity index (χ4v) is 5.13. The van der Waals surface area contributed by atoms with Gasteiger partial charge in [-0.15, -0.1) is 11.3 Å². The van der Waals surface area contributed by atoms with Crippen LogP contribution < -0.4 is 4.72 Å². The van der Waals surface area contributed by atoms with Crippen LogP contribution in [0.4, 0.5) is 5.69 Å². The Morgan fingerprint density at radius 2 is 1.80 bits per heavy atom. The Morgan fingerprint density at radius 1 is 1.20 bits per heavy atom. The number of nitrogens with one attached hydrogen (secondary N) is 1. The van der Waals surface area contributed by atoms with Gasteiger partial charge in [-0.2, -0.15) is 0 Å². The van der Waals surface area contributed by atoms with Crippen molar-refractivity contribution in [3.8, 4) is 0 Å². The van der Waals surface area contributed by atoms with E-state index in [1.807, 2.05) is 39.0 Å². The highest BCUT2D eigenvalue weighted by atomic mass is 79.9. The third-order valence-electron chi connectivity index (χ3n) is 2.98. The third-order valence-corrected chi connectivity index (χ3v) is 6.51. The van der Waals surface area contributed by atoms with Gasteiger partial charge >= 0.3 is 0 Å². The molecule has 0 unspecified atom stereocenters. The molecule has 1 N–H and O–H groups in total. The van der Waals surface area contributed by atoms with Gasteiger partial charge in [0.25, 0.3) is 10.0 Å². The highest BCUT2D eigenvalue weighted by Crippen LogP contribution is 2.29. The van der Waals surface area contributed by atoms with Crippen molar-refractivity contribution in [1.29, 1.82) is 0 Å². The van der Waals surface area contributed by atoms with Crippen LogP contribution in [0.3, 0.4) is 0 Å². The summed E-state index contributed by atoms with van der Waals surface area (Å²) in [4.78, 5) is 1.06. The van der Waals surface area contributed by atoms with Crippen LogP contribution in [0.2, 0.25) is 0 Å². The Hall–Kier alpha value is -0.850. The molecule has 0 spiro atoms. The highest BCUT2D eigenvalue weighted by Gasteiger charge is 2.18. The average molecular weight is 374 g/mol. The van der Waals surface area contributed by atoms with Crippen molar-refractivity contribution in [2.45, 2.75) is 31.4 Å². The number of thiophene rings is 1. The summed E-state index contributed by atoms with van der Waals surface area (Å²) in [5.41, 5.74) is 2.44. The van der Waals surface area contributed by atoms with E-state index in [-0.39, 0.29) is 0 Å². The van der Waals surface area contributed by atoms with Gasteiger partial charge in [0.2, 0.25) is 0 Å². The molecule has 0 aliphatic heterocycles. The lowest BCUT2D eigenvalue weighted by atomic mass is 10.1. The summed E-state index contributed by atoms with van der Waals surface area (Å²) >= 11 is 4.72. The Kier molecular flexibility index (Phi) is 4.56. The Bertz CT molecular complexity index is 712. The zero-order chi connectivity index (χ0) is 14.9. The van der Waals surface area contributed by atoms with Gasteiger partial charge in [0, 0.05) is 9.35 Å². The van der Waals surface area contributed by atoms with Crippen LogP contribution in [0.1, 0.15) is 22.9 Å². The standard InChI is InChI=1S/C14H16BrNO2S2/c1-4-12-5-6-13(19-12)20(17,18)16-14-9(2)7-11(15)8-10(14)3/h5-8,16H,4H2,1-3H3. The quantitative estimate of drug-likeness (QED) is 0.857. The van der Waals surface area contributed by atoms with E-state index in [2.05, 4.69) is 20.7 Å². The SMILES string of the molecule is CCc1ccc(S(=O)(=O)Nc2c(C)cc(Br)cc2C)s1. The first-order valence-corrected chi connectivity index (χ1v) is 9.31. The number of rotatable bonds is 4. The van der Waals surface area contributed by atoms with Crippen molar-refractivity contribution < 1.29 is 8.42 Å². The van der Waals surface area contributed by atoms with Crippen LogP contribution in [-0.2, 0) is 16.4 Å². The molecule has 1 aromatic heterocycles. The first kappa shape index (κ1) is 15.5. The Labute approximate surface area is 132 Å². The van der Waals surface area contributed by atoms with E-state index in [4.69, 9.17) is 0 Å². The molecular formula is C14H16BrNO2S2. The topological polar surface area (TPSA) is 46.2 Å². The van der Waals surface area contributed by atoms with E-state index < -0.39 is 10.0 Å². The second kappa shape index (κ2) is 5.87. The summed E-state index contributed by atoms with van der Waals surface area (Å²) in [6.45, 7) is 5.79. The molecule has 6 heteroatoms. The van der Waals surface area contributed by atoms with Crippen molar-refractivity contribution in [3.05, 3.63) is 44.7 Å². The summed E-state index contributed by atoms with van der Waals surface area (Å²) < 4.78 is 28.8. The van der Waals surface area contributed by atoms with E-state index in [0.29, 0.717) is 9.90 Å². The maximum absolute atomic E-state index is 12.4. The number of aryl methyl sites for hydroxylation is 3. The number of anilines is 1. The molecule has 0 atom stereocenters. The summed E-state index contributed by atoms with van der Waals surface area (Å²) in [5.74, 6) is 0. The van der Waals surface area contributed by atoms with Crippen molar-refractivity contribution in [2.75, 3.05) is 4.72 Å². The zero-order valence-electron chi connectivity index (χ0n) is 11.5. The van der Waals surface area contributed by atoms with Crippen LogP contribution in [0.5, 0.6) is 0 Å². The van der Waals surface area contributed by atoms with Crippen molar-refractivity contribution in [3.63, 3.8) is 0 Å². The molecule has 0 aliphatic rings. The third kappa shape index (κ3) is 3.24. The number of hydrogen-bond acceptors (Lipinski definition) is 3. The maximum atomic E-state index is 12.4. The molecular weight excluding hydrogens is 358 g/mol. The monoisotopic (exact) mass is 373 g/mol. The molecule has 0 fully saturated rings. The Morgan fingerprint density at radius 3 is 2.30 bits per heavy atom. The normalized spacial score (nSPS) is 11.6. The lowest BCUT2D eigenvalue weighted by molar-refractivity contribution is 0.603. The molecule has 1 aromatic carbocycles. The number of sulfonamides is 1. The molecule has 0 aliphatic carbocycles. The van der Waals surface area contributed by atoms with E-state index in [1.54, 1.807) is 6.07 Å². The van der Waals surface area contributed by atoms with Crippen molar-refractivity contribution in [1.82, 2.24) is 0 Å². The number of hydrogen-bond donors (Lipinski definition) is 1. The number of benzene rings is 1. The lowest BCUT2D eigenvalue weighted by Crippen LogP contribution is -2.13. The minimum absolute atomic E-state index is 0.357. The fraction of sp³-hybridized carbons (Fsp3) is 0.286. The molecule has 108 valence electrons. The van der Waals surface area contributed by atoms with Crippen molar-refractivity contribution in [2.24, 2.45) is 0 Å². The minimum Gasteiger partial charge on any atom is -0.278 e. The first-order chi connectivity index (χ1) is 9.33. The molecule has 1 heterocycles. The summed E-state index contributed by atoms with van der Waals surface area (Å²) in [6, 6.07) is 7.32. The van der Waals surface area contributed by atoms with Gasteiger partial charge < -0.3 is 0 Å². The first-order valence-electron chi connectivity index (χ1n) is 6.21.